The maximum absolute atomic E-state index is 4.43. The molecule has 1 aromatic heterocycles. The van der Waals surface area contributed by atoms with Gasteiger partial charge in [0, 0.05) is 30.7 Å². The van der Waals surface area contributed by atoms with Crippen molar-refractivity contribution in [2.75, 3.05) is 7.05 Å². The summed E-state index contributed by atoms with van der Waals surface area (Å²) in [6.45, 7) is 8.53. The number of rotatable bonds is 1. The molecule has 0 bridgehead atoms. The van der Waals surface area contributed by atoms with Gasteiger partial charge in [-0.25, -0.2) is 0 Å². The number of likely N-dealkylation sites (N-methyl/N-ethyl adjacent to an activating group) is 1. The van der Waals surface area contributed by atoms with Crippen LogP contribution in [0.15, 0.2) is 36.2 Å². The third kappa shape index (κ3) is 1.99. The summed E-state index contributed by atoms with van der Waals surface area (Å²) in [5.74, 6) is 0. The zero-order chi connectivity index (χ0) is 12.6. The van der Waals surface area contributed by atoms with Crippen LogP contribution in [0.4, 0.5) is 0 Å². The molecule has 1 atom stereocenters. The van der Waals surface area contributed by atoms with E-state index in [1.807, 2.05) is 13.1 Å². The molecule has 1 aliphatic heterocycles. The first-order valence-electron chi connectivity index (χ1n) is 5.98. The molecule has 0 fully saturated rings. The monoisotopic (exact) mass is 228 g/mol. The van der Waals surface area contributed by atoms with Gasteiger partial charge in [-0.1, -0.05) is 12.2 Å². The molecule has 0 radical (unpaired) electrons. The van der Waals surface area contributed by atoms with Crippen molar-refractivity contribution < 1.29 is 0 Å². The molecule has 0 aliphatic carbocycles. The average molecular weight is 228 g/mol. The molecule has 1 aliphatic rings. The van der Waals surface area contributed by atoms with Crippen LogP contribution in [0.3, 0.4) is 0 Å². The highest BCUT2D eigenvalue weighted by Crippen LogP contribution is 2.34. The molecule has 0 saturated heterocycles. The molecule has 0 aromatic carbocycles. The fourth-order valence-corrected chi connectivity index (χ4v) is 2.40. The molecular weight excluding hydrogens is 208 g/mol. The average Bonchev–Trinajstić information content (AvgIpc) is 2.24. The summed E-state index contributed by atoms with van der Waals surface area (Å²) < 4.78 is 0. The quantitative estimate of drug-likeness (QED) is 0.733. The van der Waals surface area contributed by atoms with E-state index in [4.69, 9.17) is 0 Å². The highest BCUT2D eigenvalue weighted by Gasteiger charge is 2.30. The SMILES string of the molecule is CC1=CN(C)C(C)(c2cnc(C)cc2C)C=C1. The summed E-state index contributed by atoms with van der Waals surface area (Å²) in [5, 5.41) is 0. The zero-order valence-corrected chi connectivity index (χ0v) is 11.3. The first kappa shape index (κ1) is 11.9. The zero-order valence-electron chi connectivity index (χ0n) is 11.3. The van der Waals surface area contributed by atoms with E-state index >= 15 is 0 Å². The highest BCUT2D eigenvalue weighted by molar-refractivity contribution is 5.39. The summed E-state index contributed by atoms with van der Waals surface area (Å²) in [5.41, 5.74) is 4.83. The van der Waals surface area contributed by atoms with Gasteiger partial charge in [-0.05, 0) is 44.9 Å². The second-order valence-corrected chi connectivity index (χ2v) is 5.11. The van der Waals surface area contributed by atoms with Crippen LogP contribution in [0.5, 0.6) is 0 Å². The smallest absolute Gasteiger partial charge is 0.0821 e. The Morgan fingerprint density at radius 3 is 2.53 bits per heavy atom. The number of aryl methyl sites for hydroxylation is 2. The lowest BCUT2D eigenvalue weighted by Crippen LogP contribution is -2.38. The van der Waals surface area contributed by atoms with Crippen LogP contribution in [-0.2, 0) is 5.54 Å². The number of aromatic nitrogens is 1. The van der Waals surface area contributed by atoms with Crippen LogP contribution in [0, 0.1) is 13.8 Å². The largest absolute Gasteiger partial charge is 0.367 e. The third-order valence-corrected chi connectivity index (χ3v) is 3.59. The molecule has 2 nitrogen and oxygen atoms in total. The van der Waals surface area contributed by atoms with Crippen molar-refractivity contribution in [3.63, 3.8) is 0 Å². The Balaban J connectivity index is 2.49. The van der Waals surface area contributed by atoms with E-state index in [1.54, 1.807) is 0 Å². The maximum atomic E-state index is 4.43. The maximum Gasteiger partial charge on any atom is 0.0821 e. The van der Waals surface area contributed by atoms with E-state index in [-0.39, 0.29) is 5.54 Å². The molecule has 1 aromatic rings. The first-order valence-corrected chi connectivity index (χ1v) is 5.98. The molecule has 0 spiro atoms. The van der Waals surface area contributed by atoms with Crippen LogP contribution >= 0.6 is 0 Å². The number of pyridine rings is 1. The molecule has 0 amide bonds. The van der Waals surface area contributed by atoms with Crippen molar-refractivity contribution >= 4 is 0 Å². The lowest BCUT2D eigenvalue weighted by Gasteiger charge is -2.39. The van der Waals surface area contributed by atoms with Crippen molar-refractivity contribution in [2.24, 2.45) is 0 Å². The number of nitrogens with zero attached hydrogens (tertiary/aromatic N) is 2. The van der Waals surface area contributed by atoms with E-state index in [2.05, 4.69) is 62.1 Å². The molecule has 2 heteroatoms. The molecule has 0 saturated carbocycles. The fourth-order valence-electron chi connectivity index (χ4n) is 2.40. The summed E-state index contributed by atoms with van der Waals surface area (Å²) in [6.07, 6.45) is 8.61. The Morgan fingerprint density at radius 2 is 1.94 bits per heavy atom. The van der Waals surface area contributed by atoms with Crippen molar-refractivity contribution in [1.82, 2.24) is 9.88 Å². The van der Waals surface area contributed by atoms with Gasteiger partial charge in [0.05, 0.1) is 5.54 Å². The normalized spacial score (nSPS) is 23.8. The van der Waals surface area contributed by atoms with E-state index < -0.39 is 0 Å². The first-order chi connectivity index (χ1) is 7.93. The predicted molar refractivity (Wildman–Crippen MR) is 71.7 cm³/mol. The Hall–Kier alpha value is -1.57. The van der Waals surface area contributed by atoms with Crippen LogP contribution in [0.25, 0.3) is 0 Å². The third-order valence-electron chi connectivity index (χ3n) is 3.59. The Morgan fingerprint density at radius 1 is 1.24 bits per heavy atom. The van der Waals surface area contributed by atoms with Gasteiger partial charge in [-0.15, -0.1) is 0 Å². The van der Waals surface area contributed by atoms with E-state index in [0.717, 1.165) is 5.69 Å². The molecule has 2 rings (SSSR count). The van der Waals surface area contributed by atoms with Gasteiger partial charge in [0.1, 0.15) is 0 Å². The van der Waals surface area contributed by atoms with Crippen LogP contribution < -0.4 is 0 Å². The summed E-state index contributed by atoms with van der Waals surface area (Å²) >= 11 is 0. The Kier molecular flexibility index (Phi) is 2.82. The molecule has 0 N–H and O–H groups in total. The van der Waals surface area contributed by atoms with Crippen LogP contribution in [0.2, 0.25) is 0 Å². The van der Waals surface area contributed by atoms with Crippen molar-refractivity contribution in [1.29, 1.82) is 0 Å². The van der Waals surface area contributed by atoms with E-state index in [0.29, 0.717) is 0 Å². The predicted octanol–water partition coefficient (Wildman–Crippen LogP) is 3.32. The van der Waals surface area contributed by atoms with Gasteiger partial charge in [-0.3, -0.25) is 4.98 Å². The minimum atomic E-state index is -0.0930. The summed E-state index contributed by atoms with van der Waals surface area (Å²) in [7, 11) is 2.12. The molecular formula is C15H20N2. The van der Waals surface area contributed by atoms with Crippen molar-refractivity contribution in [3.8, 4) is 0 Å². The molecule has 1 unspecified atom stereocenters. The van der Waals surface area contributed by atoms with Gasteiger partial charge < -0.3 is 4.90 Å². The topological polar surface area (TPSA) is 16.1 Å². The second kappa shape index (κ2) is 4.02. The summed E-state index contributed by atoms with van der Waals surface area (Å²) in [4.78, 5) is 6.68. The number of hydrogen-bond acceptors (Lipinski definition) is 2. The molecule has 2 heterocycles. The van der Waals surface area contributed by atoms with Crippen molar-refractivity contribution in [3.05, 3.63) is 53.0 Å². The molecule has 17 heavy (non-hydrogen) atoms. The summed E-state index contributed by atoms with van der Waals surface area (Å²) in [6, 6.07) is 2.15. The lowest BCUT2D eigenvalue weighted by atomic mass is 9.86. The van der Waals surface area contributed by atoms with Gasteiger partial charge in [-0.2, -0.15) is 0 Å². The van der Waals surface area contributed by atoms with Crippen LogP contribution in [-0.4, -0.2) is 16.9 Å². The highest BCUT2D eigenvalue weighted by atomic mass is 15.2. The number of hydrogen-bond donors (Lipinski definition) is 0. The van der Waals surface area contributed by atoms with Crippen LogP contribution in [0.1, 0.15) is 30.7 Å². The Labute approximate surface area is 104 Å². The van der Waals surface area contributed by atoms with Gasteiger partial charge >= 0.3 is 0 Å². The van der Waals surface area contributed by atoms with Gasteiger partial charge in [0.2, 0.25) is 0 Å². The van der Waals surface area contributed by atoms with E-state index in [1.165, 1.54) is 16.7 Å². The van der Waals surface area contributed by atoms with Gasteiger partial charge in [0.25, 0.3) is 0 Å². The molecule has 90 valence electrons. The Bertz CT molecular complexity index is 500. The van der Waals surface area contributed by atoms with E-state index in [9.17, 15) is 0 Å². The van der Waals surface area contributed by atoms with Crippen molar-refractivity contribution in [2.45, 2.75) is 33.2 Å². The fraction of sp³-hybridized carbons (Fsp3) is 0.400. The minimum Gasteiger partial charge on any atom is -0.367 e. The second-order valence-electron chi connectivity index (χ2n) is 5.11. The lowest BCUT2D eigenvalue weighted by molar-refractivity contribution is 0.258. The number of allylic oxidation sites excluding steroid dienone is 2. The van der Waals surface area contributed by atoms with Gasteiger partial charge in [0.15, 0.2) is 0 Å². The minimum absolute atomic E-state index is 0.0930. The standard InChI is InChI=1S/C15H20N2/c1-11-6-7-15(4,17(5)10-11)14-9-16-13(3)8-12(14)2/h6-10H,1-5H3.